The molecular weight excluding hydrogens is 309 g/mol. The summed E-state index contributed by atoms with van der Waals surface area (Å²) in [4.78, 5) is 15.8. The van der Waals surface area contributed by atoms with Crippen LogP contribution in [0, 0.1) is 6.92 Å². The summed E-state index contributed by atoms with van der Waals surface area (Å²) >= 11 is 0. The van der Waals surface area contributed by atoms with Crippen LogP contribution in [0.4, 0.5) is 18.0 Å². The lowest BCUT2D eigenvalue weighted by molar-refractivity contribution is -0.137. The van der Waals surface area contributed by atoms with Crippen LogP contribution < -0.4 is 0 Å². The standard InChI is InChI=1S/C16H20F3N2O2/c1-2-6-20-7-9-21(10-8-20)15(22)23-12-13-4-3-5-14(11-13)16(17,18)19/h3-5,11H,1-2,6-10,12H2. The summed E-state index contributed by atoms with van der Waals surface area (Å²) in [6.07, 6.45) is -4.07. The SMILES string of the molecule is [CH2]CCN1CCN(C(=O)OCc2cccc(C(F)(F)F)c2)CC1. The van der Waals surface area contributed by atoms with E-state index in [0.29, 0.717) is 18.7 Å². The van der Waals surface area contributed by atoms with Gasteiger partial charge in [-0.15, -0.1) is 0 Å². The molecule has 1 aromatic carbocycles. The summed E-state index contributed by atoms with van der Waals surface area (Å²) in [7, 11) is 0. The normalized spacial score (nSPS) is 16.4. The Labute approximate surface area is 133 Å². The second-order valence-electron chi connectivity index (χ2n) is 5.43. The Balaban J connectivity index is 1.83. The molecule has 0 saturated carbocycles. The molecule has 0 atom stereocenters. The molecule has 0 bridgehead atoms. The van der Waals surface area contributed by atoms with Gasteiger partial charge in [-0.25, -0.2) is 4.79 Å². The molecule has 1 aliphatic rings. The van der Waals surface area contributed by atoms with Crippen LogP contribution in [0.3, 0.4) is 0 Å². The predicted octanol–water partition coefficient (Wildman–Crippen LogP) is 3.18. The topological polar surface area (TPSA) is 32.8 Å². The van der Waals surface area contributed by atoms with Crippen LogP contribution in [-0.4, -0.2) is 48.6 Å². The highest BCUT2D eigenvalue weighted by Gasteiger charge is 2.30. The van der Waals surface area contributed by atoms with E-state index in [9.17, 15) is 18.0 Å². The Hall–Kier alpha value is -1.76. The van der Waals surface area contributed by atoms with Crippen molar-refractivity contribution in [3.63, 3.8) is 0 Å². The van der Waals surface area contributed by atoms with Crippen LogP contribution in [0.25, 0.3) is 0 Å². The maximum absolute atomic E-state index is 12.6. The van der Waals surface area contributed by atoms with Crippen molar-refractivity contribution in [2.75, 3.05) is 32.7 Å². The first kappa shape index (κ1) is 17.6. The maximum Gasteiger partial charge on any atom is 0.416 e. The third-order valence-electron chi connectivity index (χ3n) is 3.72. The fourth-order valence-corrected chi connectivity index (χ4v) is 2.45. The van der Waals surface area contributed by atoms with Gasteiger partial charge in [-0.3, -0.25) is 4.90 Å². The van der Waals surface area contributed by atoms with E-state index in [0.717, 1.165) is 38.2 Å². The van der Waals surface area contributed by atoms with Crippen molar-refractivity contribution in [3.8, 4) is 0 Å². The summed E-state index contributed by atoms with van der Waals surface area (Å²) in [6.45, 7) is 7.16. The first-order valence-corrected chi connectivity index (χ1v) is 7.49. The lowest BCUT2D eigenvalue weighted by Crippen LogP contribution is -2.48. The van der Waals surface area contributed by atoms with E-state index in [1.165, 1.54) is 12.1 Å². The summed E-state index contributed by atoms with van der Waals surface area (Å²) in [5.74, 6) is 0. The zero-order valence-corrected chi connectivity index (χ0v) is 12.8. The molecule has 0 spiro atoms. The molecule has 1 radical (unpaired) electrons. The van der Waals surface area contributed by atoms with E-state index >= 15 is 0 Å². The van der Waals surface area contributed by atoms with Gasteiger partial charge in [0, 0.05) is 26.2 Å². The van der Waals surface area contributed by atoms with Gasteiger partial charge in [0.25, 0.3) is 0 Å². The van der Waals surface area contributed by atoms with Crippen molar-refractivity contribution in [2.24, 2.45) is 0 Å². The highest BCUT2D eigenvalue weighted by Crippen LogP contribution is 2.29. The van der Waals surface area contributed by atoms with Gasteiger partial charge in [0.1, 0.15) is 6.61 Å². The van der Waals surface area contributed by atoms with Gasteiger partial charge in [0.2, 0.25) is 0 Å². The average Bonchev–Trinajstić information content (AvgIpc) is 2.53. The molecule has 1 heterocycles. The van der Waals surface area contributed by atoms with Gasteiger partial charge >= 0.3 is 12.3 Å². The van der Waals surface area contributed by atoms with Gasteiger partial charge in [-0.05, 0) is 30.7 Å². The van der Waals surface area contributed by atoms with Crippen LogP contribution in [0.2, 0.25) is 0 Å². The number of ether oxygens (including phenoxy) is 1. The van der Waals surface area contributed by atoms with E-state index in [4.69, 9.17) is 4.74 Å². The highest BCUT2D eigenvalue weighted by atomic mass is 19.4. The third kappa shape index (κ3) is 5.13. The molecule has 0 N–H and O–H groups in total. The summed E-state index contributed by atoms with van der Waals surface area (Å²) in [5, 5.41) is 0. The quantitative estimate of drug-likeness (QED) is 0.850. The molecular formula is C16H20F3N2O2. The molecule has 127 valence electrons. The molecule has 23 heavy (non-hydrogen) atoms. The Morgan fingerprint density at radius 3 is 2.52 bits per heavy atom. The monoisotopic (exact) mass is 329 g/mol. The van der Waals surface area contributed by atoms with Gasteiger partial charge < -0.3 is 9.64 Å². The fourth-order valence-electron chi connectivity index (χ4n) is 2.45. The molecule has 1 fully saturated rings. The second-order valence-corrected chi connectivity index (χ2v) is 5.43. The minimum atomic E-state index is -4.40. The van der Waals surface area contributed by atoms with Crippen molar-refractivity contribution in [3.05, 3.63) is 42.3 Å². The van der Waals surface area contributed by atoms with Crippen molar-refractivity contribution in [1.29, 1.82) is 0 Å². The van der Waals surface area contributed by atoms with E-state index in [-0.39, 0.29) is 6.61 Å². The molecule has 0 aromatic heterocycles. The minimum absolute atomic E-state index is 0.165. The largest absolute Gasteiger partial charge is 0.445 e. The number of amides is 1. The smallest absolute Gasteiger partial charge is 0.416 e. The number of hydrogen-bond acceptors (Lipinski definition) is 3. The first-order chi connectivity index (χ1) is 10.9. The van der Waals surface area contributed by atoms with Crippen LogP contribution >= 0.6 is 0 Å². The lowest BCUT2D eigenvalue weighted by atomic mass is 10.1. The third-order valence-corrected chi connectivity index (χ3v) is 3.72. The molecule has 1 aliphatic heterocycles. The number of alkyl halides is 3. The number of carbonyl (C=O) groups excluding carboxylic acids is 1. The van der Waals surface area contributed by atoms with Crippen LogP contribution in [0.15, 0.2) is 24.3 Å². The number of nitrogens with zero attached hydrogens (tertiary/aromatic N) is 2. The number of carbonyl (C=O) groups is 1. The number of benzene rings is 1. The van der Waals surface area contributed by atoms with Crippen molar-refractivity contribution < 1.29 is 22.7 Å². The molecule has 0 aliphatic carbocycles. The fraction of sp³-hybridized carbons (Fsp3) is 0.500. The highest BCUT2D eigenvalue weighted by molar-refractivity contribution is 5.67. The summed E-state index contributed by atoms with van der Waals surface area (Å²) in [6, 6.07) is 4.81. The minimum Gasteiger partial charge on any atom is -0.445 e. The Bertz CT molecular complexity index is 526. The van der Waals surface area contributed by atoms with Gasteiger partial charge in [0.15, 0.2) is 0 Å². The van der Waals surface area contributed by atoms with Crippen LogP contribution in [0.1, 0.15) is 17.5 Å². The number of halogens is 3. The van der Waals surface area contributed by atoms with E-state index in [1.54, 1.807) is 4.90 Å². The number of rotatable bonds is 4. The Kier molecular flexibility index (Phi) is 5.87. The summed E-state index contributed by atoms with van der Waals surface area (Å²) in [5.41, 5.74) is -0.420. The average molecular weight is 329 g/mol. The van der Waals surface area contributed by atoms with Gasteiger partial charge in [-0.1, -0.05) is 19.1 Å². The van der Waals surface area contributed by atoms with E-state index < -0.39 is 17.8 Å². The number of hydrogen-bond donors (Lipinski definition) is 0. The van der Waals surface area contributed by atoms with Crippen LogP contribution in [0.5, 0.6) is 0 Å². The molecule has 1 saturated heterocycles. The Morgan fingerprint density at radius 2 is 1.91 bits per heavy atom. The van der Waals surface area contributed by atoms with Crippen molar-refractivity contribution in [1.82, 2.24) is 9.80 Å². The molecule has 1 amide bonds. The number of piperazine rings is 1. The maximum atomic E-state index is 12.6. The Morgan fingerprint density at radius 1 is 1.22 bits per heavy atom. The predicted molar refractivity (Wildman–Crippen MR) is 79.6 cm³/mol. The molecule has 7 heteroatoms. The van der Waals surface area contributed by atoms with Gasteiger partial charge in [0.05, 0.1) is 5.56 Å². The van der Waals surface area contributed by atoms with Crippen molar-refractivity contribution in [2.45, 2.75) is 19.2 Å². The van der Waals surface area contributed by atoms with Crippen LogP contribution in [-0.2, 0) is 17.5 Å². The van der Waals surface area contributed by atoms with E-state index in [2.05, 4.69) is 11.8 Å². The lowest BCUT2D eigenvalue weighted by Gasteiger charge is -2.33. The van der Waals surface area contributed by atoms with E-state index in [1.807, 2.05) is 0 Å². The van der Waals surface area contributed by atoms with Crippen molar-refractivity contribution >= 4 is 6.09 Å². The molecule has 0 unspecified atom stereocenters. The first-order valence-electron chi connectivity index (χ1n) is 7.49. The molecule has 4 nitrogen and oxygen atoms in total. The second kappa shape index (κ2) is 7.68. The molecule has 1 aromatic rings. The summed E-state index contributed by atoms with van der Waals surface area (Å²) < 4.78 is 43.0. The molecule has 2 rings (SSSR count). The zero-order valence-electron chi connectivity index (χ0n) is 12.8. The van der Waals surface area contributed by atoms with Gasteiger partial charge in [-0.2, -0.15) is 13.2 Å². The zero-order chi connectivity index (χ0) is 16.9.